The SMILES string of the molecule is Cc1ccc(S(=O)(=O)CCC(=O)NC[C@H](c2ccccc2)[NH+](C)C)cc1. The number of likely N-dealkylation sites (N-methyl/N-ethyl adjacent to an activating group) is 1. The standard InChI is InChI=1S/C20H26N2O3S/c1-16-9-11-18(12-10-16)26(24,25)14-13-20(23)21-15-19(22(2)3)17-7-5-4-6-8-17/h4-12,19H,13-15H2,1-3H3,(H,21,23)/p+1/t19-/m1/s1. The second-order valence-corrected chi connectivity index (χ2v) is 8.84. The number of amides is 1. The van der Waals surface area contributed by atoms with Gasteiger partial charge in [0.2, 0.25) is 5.91 Å². The molecule has 140 valence electrons. The molecule has 2 N–H and O–H groups in total. The van der Waals surface area contributed by atoms with E-state index in [9.17, 15) is 13.2 Å². The molecular weight excluding hydrogens is 348 g/mol. The minimum atomic E-state index is -3.45. The summed E-state index contributed by atoms with van der Waals surface area (Å²) in [5, 5.41) is 2.87. The lowest BCUT2D eigenvalue weighted by molar-refractivity contribution is -0.890. The van der Waals surface area contributed by atoms with Crippen LogP contribution in [0.4, 0.5) is 0 Å². The zero-order valence-electron chi connectivity index (χ0n) is 15.5. The van der Waals surface area contributed by atoms with E-state index in [0.717, 1.165) is 11.1 Å². The second-order valence-electron chi connectivity index (χ2n) is 6.73. The molecule has 5 nitrogen and oxygen atoms in total. The first-order valence-corrected chi connectivity index (χ1v) is 10.4. The molecule has 0 saturated carbocycles. The number of aryl methyl sites for hydroxylation is 1. The lowest BCUT2D eigenvalue weighted by Gasteiger charge is -2.22. The van der Waals surface area contributed by atoms with Crippen LogP contribution in [0.1, 0.15) is 23.6 Å². The summed E-state index contributed by atoms with van der Waals surface area (Å²) < 4.78 is 24.7. The predicted octanol–water partition coefficient (Wildman–Crippen LogP) is 1.16. The number of sulfone groups is 1. The van der Waals surface area contributed by atoms with Gasteiger partial charge in [0.05, 0.1) is 31.3 Å². The van der Waals surface area contributed by atoms with Crippen LogP contribution in [0.2, 0.25) is 0 Å². The fraction of sp³-hybridized carbons (Fsp3) is 0.350. The molecule has 0 unspecified atom stereocenters. The first-order chi connectivity index (χ1) is 12.3. The fourth-order valence-electron chi connectivity index (χ4n) is 2.74. The largest absolute Gasteiger partial charge is 0.350 e. The number of rotatable bonds is 8. The van der Waals surface area contributed by atoms with Crippen molar-refractivity contribution in [2.45, 2.75) is 24.3 Å². The Morgan fingerprint density at radius 1 is 1.04 bits per heavy atom. The molecule has 1 amide bonds. The summed E-state index contributed by atoms with van der Waals surface area (Å²) in [6.07, 6.45) is -0.0412. The highest BCUT2D eigenvalue weighted by molar-refractivity contribution is 7.91. The topological polar surface area (TPSA) is 67.7 Å². The number of hydrogen-bond donors (Lipinski definition) is 2. The van der Waals surface area contributed by atoms with Crippen LogP contribution in [-0.4, -0.2) is 40.7 Å². The van der Waals surface area contributed by atoms with Crippen molar-refractivity contribution < 1.29 is 18.1 Å². The van der Waals surface area contributed by atoms with Crippen molar-refractivity contribution in [2.24, 2.45) is 0 Å². The molecule has 0 aromatic heterocycles. The third-order valence-electron chi connectivity index (χ3n) is 4.38. The Bertz CT molecular complexity index is 816. The van der Waals surface area contributed by atoms with Crippen molar-refractivity contribution in [3.63, 3.8) is 0 Å². The van der Waals surface area contributed by atoms with E-state index in [1.54, 1.807) is 24.3 Å². The van der Waals surface area contributed by atoms with Crippen LogP contribution in [0.15, 0.2) is 59.5 Å². The quantitative estimate of drug-likeness (QED) is 0.728. The Morgan fingerprint density at radius 2 is 1.65 bits per heavy atom. The van der Waals surface area contributed by atoms with Crippen LogP contribution in [0.3, 0.4) is 0 Å². The molecule has 0 bridgehead atoms. The fourth-order valence-corrected chi connectivity index (χ4v) is 3.98. The molecule has 0 saturated heterocycles. The highest BCUT2D eigenvalue weighted by Gasteiger charge is 2.20. The Labute approximate surface area is 156 Å². The van der Waals surface area contributed by atoms with Crippen molar-refractivity contribution >= 4 is 15.7 Å². The predicted molar refractivity (Wildman–Crippen MR) is 103 cm³/mol. The molecule has 0 radical (unpaired) electrons. The highest BCUT2D eigenvalue weighted by Crippen LogP contribution is 2.13. The van der Waals surface area contributed by atoms with Gasteiger partial charge in [-0.3, -0.25) is 4.79 Å². The van der Waals surface area contributed by atoms with Crippen LogP contribution in [-0.2, 0) is 14.6 Å². The number of carbonyl (C=O) groups is 1. The van der Waals surface area contributed by atoms with Crippen LogP contribution < -0.4 is 10.2 Å². The summed E-state index contributed by atoms with van der Waals surface area (Å²) in [4.78, 5) is 13.6. The highest BCUT2D eigenvalue weighted by atomic mass is 32.2. The molecule has 0 spiro atoms. The zero-order chi connectivity index (χ0) is 19.2. The lowest BCUT2D eigenvalue weighted by Crippen LogP contribution is -3.07. The monoisotopic (exact) mass is 375 g/mol. The molecule has 1 atom stereocenters. The smallest absolute Gasteiger partial charge is 0.221 e. The molecule has 0 aliphatic carbocycles. The van der Waals surface area contributed by atoms with Gasteiger partial charge < -0.3 is 10.2 Å². The van der Waals surface area contributed by atoms with Crippen molar-refractivity contribution in [3.8, 4) is 0 Å². The summed E-state index contributed by atoms with van der Waals surface area (Å²) in [6, 6.07) is 16.8. The minimum absolute atomic E-state index is 0.0412. The average molecular weight is 376 g/mol. The summed E-state index contributed by atoms with van der Waals surface area (Å²) in [5.41, 5.74) is 2.14. The third kappa shape index (κ3) is 5.68. The van der Waals surface area contributed by atoms with Gasteiger partial charge in [-0.1, -0.05) is 48.0 Å². The van der Waals surface area contributed by atoms with E-state index in [1.165, 1.54) is 4.90 Å². The van der Waals surface area contributed by atoms with E-state index in [1.807, 2.05) is 51.4 Å². The first kappa shape index (κ1) is 20.1. The third-order valence-corrected chi connectivity index (χ3v) is 6.11. The van der Waals surface area contributed by atoms with Gasteiger partial charge in [-0.25, -0.2) is 8.42 Å². The maximum absolute atomic E-state index is 12.3. The Hall–Kier alpha value is -2.18. The van der Waals surface area contributed by atoms with E-state index >= 15 is 0 Å². The molecule has 26 heavy (non-hydrogen) atoms. The maximum Gasteiger partial charge on any atom is 0.221 e. The van der Waals surface area contributed by atoms with Crippen LogP contribution in [0.5, 0.6) is 0 Å². The van der Waals surface area contributed by atoms with E-state index in [4.69, 9.17) is 0 Å². The first-order valence-electron chi connectivity index (χ1n) is 8.71. The van der Waals surface area contributed by atoms with Gasteiger partial charge in [-0.15, -0.1) is 0 Å². The van der Waals surface area contributed by atoms with E-state index in [2.05, 4.69) is 5.32 Å². The Morgan fingerprint density at radius 3 is 2.23 bits per heavy atom. The van der Waals surface area contributed by atoms with Gasteiger partial charge in [0.15, 0.2) is 9.84 Å². The molecule has 2 aromatic carbocycles. The molecule has 0 heterocycles. The molecule has 6 heteroatoms. The molecule has 0 fully saturated rings. The van der Waals surface area contributed by atoms with Crippen LogP contribution in [0, 0.1) is 6.92 Å². The van der Waals surface area contributed by atoms with Crippen LogP contribution in [0.25, 0.3) is 0 Å². The van der Waals surface area contributed by atoms with Crippen LogP contribution >= 0.6 is 0 Å². The maximum atomic E-state index is 12.3. The van der Waals surface area contributed by atoms with Crippen molar-refractivity contribution in [1.29, 1.82) is 0 Å². The molecule has 2 rings (SSSR count). The van der Waals surface area contributed by atoms with Crippen molar-refractivity contribution in [3.05, 3.63) is 65.7 Å². The molecule has 0 aliphatic heterocycles. The second kappa shape index (κ2) is 8.96. The minimum Gasteiger partial charge on any atom is -0.350 e. The molecule has 0 aliphatic rings. The summed E-state index contributed by atoms with van der Waals surface area (Å²) in [7, 11) is 0.622. The van der Waals surface area contributed by atoms with Crippen molar-refractivity contribution in [1.82, 2.24) is 5.32 Å². The van der Waals surface area contributed by atoms with Crippen molar-refractivity contribution in [2.75, 3.05) is 26.4 Å². The number of quaternary nitrogens is 1. The van der Waals surface area contributed by atoms with Gasteiger partial charge in [0.25, 0.3) is 0 Å². The Kier molecular flexibility index (Phi) is 6.94. The summed E-state index contributed by atoms with van der Waals surface area (Å²) in [5.74, 6) is -0.435. The van der Waals surface area contributed by atoms with E-state index in [-0.39, 0.29) is 29.0 Å². The molecular formula is C20H27N2O3S+. The van der Waals surface area contributed by atoms with Gasteiger partial charge in [0, 0.05) is 12.0 Å². The number of carbonyl (C=O) groups excluding carboxylic acids is 1. The normalized spacial score (nSPS) is 12.8. The summed E-state index contributed by atoms with van der Waals surface area (Å²) in [6.45, 7) is 2.37. The average Bonchev–Trinajstić information content (AvgIpc) is 2.61. The van der Waals surface area contributed by atoms with E-state index in [0.29, 0.717) is 6.54 Å². The number of benzene rings is 2. The molecule has 2 aromatic rings. The van der Waals surface area contributed by atoms with Gasteiger partial charge >= 0.3 is 0 Å². The lowest BCUT2D eigenvalue weighted by atomic mass is 10.1. The van der Waals surface area contributed by atoms with Gasteiger partial charge in [-0.2, -0.15) is 0 Å². The van der Waals surface area contributed by atoms with Gasteiger partial charge in [-0.05, 0) is 19.1 Å². The number of nitrogens with one attached hydrogen (secondary N) is 2. The van der Waals surface area contributed by atoms with Gasteiger partial charge in [0.1, 0.15) is 6.04 Å². The summed E-state index contributed by atoms with van der Waals surface area (Å²) >= 11 is 0. The Balaban J connectivity index is 1.91. The number of hydrogen-bond acceptors (Lipinski definition) is 3. The zero-order valence-corrected chi connectivity index (χ0v) is 16.3. The van der Waals surface area contributed by atoms with E-state index < -0.39 is 9.84 Å².